The van der Waals surface area contributed by atoms with Gasteiger partial charge in [0, 0.05) is 38.4 Å². The average Bonchev–Trinajstić information content (AvgIpc) is 2.62. The van der Waals surface area contributed by atoms with Crippen molar-refractivity contribution in [2.24, 2.45) is 0 Å². The highest BCUT2D eigenvalue weighted by molar-refractivity contribution is 5.75. The van der Waals surface area contributed by atoms with E-state index in [1.807, 2.05) is 0 Å². The highest BCUT2D eigenvalue weighted by Crippen LogP contribution is 2.27. The van der Waals surface area contributed by atoms with Gasteiger partial charge in [-0.2, -0.15) is 0 Å². The molecule has 1 fully saturated rings. The predicted molar refractivity (Wildman–Crippen MR) is 96.0 cm³/mol. The van der Waals surface area contributed by atoms with Gasteiger partial charge in [0.1, 0.15) is 17.8 Å². The van der Waals surface area contributed by atoms with Gasteiger partial charge in [0.15, 0.2) is 11.6 Å². The molecule has 0 unspecified atom stereocenters. The molecule has 0 bridgehead atoms. The Labute approximate surface area is 140 Å². The van der Waals surface area contributed by atoms with Gasteiger partial charge < -0.3 is 20.9 Å². The van der Waals surface area contributed by atoms with E-state index in [0.29, 0.717) is 18.1 Å². The number of halogens is 1. The first-order valence-corrected chi connectivity index (χ1v) is 7.89. The van der Waals surface area contributed by atoms with Gasteiger partial charge in [-0.1, -0.05) is 6.08 Å². The number of hydrogen-bond donors (Lipinski definition) is 2. The van der Waals surface area contributed by atoms with E-state index in [0.717, 1.165) is 37.7 Å². The highest BCUT2D eigenvalue weighted by atomic mass is 19.1. The Kier molecular flexibility index (Phi) is 4.79. The molecule has 2 heterocycles. The van der Waals surface area contributed by atoms with Crippen molar-refractivity contribution in [3.8, 4) is 0 Å². The van der Waals surface area contributed by atoms with E-state index in [4.69, 9.17) is 5.73 Å². The lowest BCUT2D eigenvalue weighted by Crippen LogP contribution is -2.47. The van der Waals surface area contributed by atoms with Crippen molar-refractivity contribution in [1.82, 2.24) is 9.97 Å². The van der Waals surface area contributed by atoms with Crippen LogP contribution in [0.1, 0.15) is 0 Å². The van der Waals surface area contributed by atoms with Crippen LogP contribution in [0.25, 0.3) is 0 Å². The van der Waals surface area contributed by atoms with Crippen LogP contribution in [0.15, 0.2) is 43.2 Å². The Hall–Kier alpha value is -2.83. The molecule has 1 aliphatic heterocycles. The molecule has 0 radical (unpaired) electrons. The summed E-state index contributed by atoms with van der Waals surface area (Å²) in [4.78, 5) is 12.9. The van der Waals surface area contributed by atoms with Gasteiger partial charge in [-0.25, -0.2) is 14.4 Å². The predicted octanol–water partition coefficient (Wildman–Crippen LogP) is 2.12. The fraction of sp³-hybridized carbons (Fsp3) is 0.294. The summed E-state index contributed by atoms with van der Waals surface area (Å²) in [5.74, 6) is 1.15. The molecule has 1 aromatic carbocycles. The molecule has 1 saturated heterocycles. The smallest absolute Gasteiger partial charge is 0.157 e. The van der Waals surface area contributed by atoms with E-state index in [1.54, 1.807) is 18.2 Å². The third-order valence-corrected chi connectivity index (χ3v) is 4.05. The van der Waals surface area contributed by atoms with Gasteiger partial charge in [-0.3, -0.25) is 0 Å². The van der Waals surface area contributed by atoms with Gasteiger partial charge in [-0.05, 0) is 24.3 Å². The summed E-state index contributed by atoms with van der Waals surface area (Å²) in [6.07, 6.45) is 3.27. The topological polar surface area (TPSA) is 70.3 Å². The normalized spacial score (nSPS) is 14.5. The maximum atomic E-state index is 13.0. The molecular weight excluding hydrogens is 307 g/mol. The van der Waals surface area contributed by atoms with Crippen molar-refractivity contribution in [1.29, 1.82) is 0 Å². The van der Waals surface area contributed by atoms with E-state index in [2.05, 4.69) is 31.7 Å². The molecule has 0 atom stereocenters. The Bertz CT molecular complexity index is 695. The zero-order valence-corrected chi connectivity index (χ0v) is 13.5. The molecule has 1 aliphatic rings. The fourth-order valence-electron chi connectivity index (χ4n) is 2.78. The van der Waals surface area contributed by atoms with Gasteiger partial charge in [-0.15, -0.1) is 6.58 Å². The maximum Gasteiger partial charge on any atom is 0.157 e. The molecule has 3 N–H and O–H groups in total. The molecule has 24 heavy (non-hydrogen) atoms. The van der Waals surface area contributed by atoms with Crippen LogP contribution in [0, 0.1) is 5.82 Å². The van der Waals surface area contributed by atoms with Crippen LogP contribution in [0.5, 0.6) is 0 Å². The molecule has 0 spiro atoms. The van der Waals surface area contributed by atoms with E-state index >= 15 is 0 Å². The van der Waals surface area contributed by atoms with E-state index in [1.165, 1.54) is 18.5 Å². The van der Waals surface area contributed by atoms with Crippen molar-refractivity contribution >= 4 is 23.0 Å². The van der Waals surface area contributed by atoms with Crippen LogP contribution in [-0.2, 0) is 0 Å². The quantitative estimate of drug-likeness (QED) is 0.820. The number of hydrogen-bond acceptors (Lipinski definition) is 6. The number of piperazine rings is 1. The first kappa shape index (κ1) is 16.0. The van der Waals surface area contributed by atoms with Crippen LogP contribution in [0.2, 0.25) is 0 Å². The largest absolute Gasteiger partial charge is 0.393 e. The van der Waals surface area contributed by atoms with Crippen molar-refractivity contribution in [2.75, 3.05) is 53.6 Å². The van der Waals surface area contributed by atoms with Crippen molar-refractivity contribution in [3.05, 3.63) is 49.1 Å². The Morgan fingerprint density at radius 2 is 1.79 bits per heavy atom. The second-order valence-corrected chi connectivity index (χ2v) is 5.58. The van der Waals surface area contributed by atoms with Crippen LogP contribution in [-0.4, -0.2) is 42.7 Å². The summed E-state index contributed by atoms with van der Waals surface area (Å²) in [5, 5.41) is 3.12. The second-order valence-electron chi connectivity index (χ2n) is 5.58. The minimum Gasteiger partial charge on any atom is -0.393 e. The van der Waals surface area contributed by atoms with Gasteiger partial charge in [0.05, 0.1) is 0 Å². The number of rotatable bonds is 5. The minimum atomic E-state index is -0.217. The van der Waals surface area contributed by atoms with Gasteiger partial charge in [0.25, 0.3) is 0 Å². The zero-order valence-electron chi connectivity index (χ0n) is 13.5. The summed E-state index contributed by atoms with van der Waals surface area (Å²) < 4.78 is 13.0. The zero-order chi connectivity index (χ0) is 16.9. The number of nitrogens with one attached hydrogen (secondary N) is 1. The SMILES string of the molecule is C=CCNc1ncnc(N2CCN(c3ccc(F)cc3)CC2)c1N. The summed E-state index contributed by atoms with van der Waals surface area (Å²) >= 11 is 0. The van der Waals surface area contributed by atoms with Crippen molar-refractivity contribution in [2.45, 2.75) is 0 Å². The lowest BCUT2D eigenvalue weighted by molar-refractivity contribution is 0.624. The minimum absolute atomic E-state index is 0.217. The standard InChI is InChI=1S/C17H21FN6/c1-2-7-20-16-15(19)17(22-12-21-16)24-10-8-23(9-11-24)14-5-3-13(18)4-6-14/h2-6,12H,1,7-11,19H2,(H,20,21,22). The van der Waals surface area contributed by atoms with E-state index in [9.17, 15) is 4.39 Å². The highest BCUT2D eigenvalue weighted by Gasteiger charge is 2.21. The maximum absolute atomic E-state index is 13.0. The molecule has 3 rings (SSSR count). The number of nitrogen functional groups attached to an aromatic ring is 1. The average molecular weight is 328 g/mol. The van der Waals surface area contributed by atoms with E-state index < -0.39 is 0 Å². The molecule has 6 nitrogen and oxygen atoms in total. The van der Waals surface area contributed by atoms with E-state index in [-0.39, 0.29) is 5.82 Å². The fourth-order valence-corrected chi connectivity index (χ4v) is 2.78. The van der Waals surface area contributed by atoms with Crippen molar-refractivity contribution in [3.63, 3.8) is 0 Å². The molecule has 7 heteroatoms. The number of nitrogens with zero attached hydrogens (tertiary/aromatic N) is 4. The molecule has 2 aromatic rings. The molecule has 0 aliphatic carbocycles. The summed E-state index contributed by atoms with van der Waals surface area (Å²) in [6.45, 7) is 7.50. The lowest BCUT2D eigenvalue weighted by Gasteiger charge is -2.37. The van der Waals surface area contributed by atoms with Crippen molar-refractivity contribution < 1.29 is 4.39 Å². The summed E-state index contributed by atoms with van der Waals surface area (Å²) in [5.41, 5.74) is 7.78. The second kappa shape index (κ2) is 7.16. The molecule has 1 aromatic heterocycles. The van der Waals surface area contributed by atoms with Crippen LogP contribution in [0.3, 0.4) is 0 Å². The monoisotopic (exact) mass is 328 g/mol. The first-order chi connectivity index (χ1) is 11.7. The number of aromatic nitrogens is 2. The van der Waals surface area contributed by atoms with Gasteiger partial charge >= 0.3 is 0 Å². The van der Waals surface area contributed by atoms with Gasteiger partial charge in [0.2, 0.25) is 0 Å². The third kappa shape index (κ3) is 3.40. The number of anilines is 4. The lowest BCUT2D eigenvalue weighted by atomic mass is 10.2. The number of nitrogens with two attached hydrogens (primary N) is 1. The Morgan fingerprint density at radius 3 is 2.46 bits per heavy atom. The third-order valence-electron chi connectivity index (χ3n) is 4.05. The van der Waals surface area contributed by atoms with Crippen LogP contribution >= 0.6 is 0 Å². The molecule has 0 saturated carbocycles. The molecule has 126 valence electrons. The first-order valence-electron chi connectivity index (χ1n) is 7.89. The van der Waals surface area contributed by atoms with Crippen LogP contribution in [0.4, 0.5) is 27.4 Å². The summed E-state index contributed by atoms with van der Waals surface area (Å²) in [7, 11) is 0. The number of benzene rings is 1. The molecular formula is C17H21FN6. The Balaban J connectivity index is 1.68. The van der Waals surface area contributed by atoms with Crippen LogP contribution < -0.4 is 20.9 Å². The molecule has 0 amide bonds. The summed E-state index contributed by atoms with van der Waals surface area (Å²) in [6, 6.07) is 6.59. The Morgan fingerprint density at radius 1 is 1.12 bits per heavy atom.